The van der Waals surface area contributed by atoms with Gasteiger partial charge in [-0.1, -0.05) is 6.07 Å². The fourth-order valence-corrected chi connectivity index (χ4v) is 1.33. The SMILES string of the molecule is CC(C)(CNCCn1ccccc1=O)C(N)=O. The van der Waals surface area contributed by atoms with Crippen molar-refractivity contribution in [1.29, 1.82) is 0 Å². The molecule has 3 N–H and O–H groups in total. The number of nitrogens with two attached hydrogens (primary N) is 1. The molecule has 0 aliphatic rings. The van der Waals surface area contributed by atoms with Gasteiger partial charge in [0.1, 0.15) is 0 Å². The van der Waals surface area contributed by atoms with E-state index < -0.39 is 5.41 Å². The van der Waals surface area contributed by atoms with Crippen molar-refractivity contribution in [3.8, 4) is 0 Å². The van der Waals surface area contributed by atoms with Gasteiger partial charge in [-0.25, -0.2) is 0 Å². The average Bonchev–Trinajstić information content (AvgIpc) is 2.26. The van der Waals surface area contributed by atoms with Crippen LogP contribution < -0.4 is 16.6 Å². The number of hydrogen-bond donors (Lipinski definition) is 2. The Kier molecular flexibility index (Phi) is 4.45. The smallest absolute Gasteiger partial charge is 0.250 e. The van der Waals surface area contributed by atoms with Crippen molar-refractivity contribution in [2.24, 2.45) is 11.1 Å². The zero-order valence-corrected chi connectivity index (χ0v) is 10.3. The van der Waals surface area contributed by atoms with Crippen molar-refractivity contribution < 1.29 is 4.79 Å². The summed E-state index contributed by atoms with van der Waals surface area (Å²) in [4.78, 5) is 22.4. The molecule has 0 unspecified atom stereocenters. The van der Waals surface area contributed by atoms with E-state index in [1.54, 1.807) is 30.7 Å². The van der Waals surface area contributed by atoms with Gasteiger partial charge in [0.25, 0.3) is 5.56 Å². The minimum absolute atomic E-state index is 0.0246. The van der Waals surface area contributed by atoms with Crippen LogP contribution >= 0.6 is 0 Å². The predicted molar refractivity (Wildman–Crippen MR) is 66.5 cm³/mol. The Morgan fingerprint density at radius 2 is 2.18 bits per heavy atom. The quantitative estimate of drug-likeness (QED) is 0.681. The standard InChI is InChI=1S/C12H19N3O2/c1-12(2,11(13)17)9-14-6-8-15-7-4-3-5-10(15)16/h3-5,7,14H,6,8-9H2,1-2H3,(H2,13,17). The fraction of sp³-hybridized carbons (Fsp3) is 0.500. The van der Waals surface area contributed by atoms with Gasteiger partial charge in [-0.15, -0.1) is 0 Å². The molecule has 0 radical (unpaired) electrons. The van der Waals surface area contributed by atoms with E-state index in [4.69, 9.17) is 5.73 Å². The van der Waals surface area contributed by atoms with Crippen molar-refractivity contribution in [2.45, 2.75) is 20.4 Å². The van der Waals surface area contributed by atoms with Gasteiger partial charge in [0, 0.05) is 31.9 Å². The van der Waals surface area contributed by atoms with Crippen LogP contribution in [0.5, 0.6) is 0 Å². The normalized spacial score (nSPS) is 11.4. The van der Waals surface area contributed by atoms with Crippen LogP contribution in [0.25, 0.3) is 0 Å². The Labute approximate surface area is 101 Å². The van der Waals surface area contributed by atoms with Crippen molar-refractivity contribution in [2.75, 3.05) is 13.1 Å². The predicted octanol–water partition coefficient (Wildman–Crippen LogP) is -0.0506. The Balaban J connectivity index is 2.37. The molecule has 1 aromatic rings. The molecule has 0 saturated carbocycles. The monoisotopic (exact) mass is 237 g/mol. The highest BCUT2D eigenvalue weighted by molar-refractivity contribution is 5.80. The van der Waals surface area contributed by atoms with E-state index in [2.05, 4.69) is 5.32 Å². The summed E-state index contributed by atoms with van der Waals surface area (Å²) in [6.07, 6.45) is 1.74. The number of primary amides is 1. The summed E-state index contributed by atoms with van der Waals surface area (Å²) in [6, 6.07) is 5.05. The molecule has 94 valence electrons. The lowest BCUT2D eigenvalue weighted by molar-refractivity contribution is -0.125. The van der Waals surface area contributed by atoms with E-state index in [1.165, 1.54) is 6.07 Å². The third kappa shape index (κ3) is 4.03. The van der Waals surface area contributed by atoms with Gasteiger partial charge >= 0.3 is 0 Å². The van der Waals surface area contributed by atoms with Crippen LogP contribution in [0.3, 0.4) is 0 Å². The van der Waals surface area contributed by atoms with Crippen molar-refractivity contribution in [3.63, 3.8) is 0 Å². The van der Waals surface area contributed by atoms with Gasteiger partial charge in [-0.2, -0.15) is 0 Å². The molecule has 5 nitrogen and oxygen atoms in total. The van der Waals surface area contributed by atoms with E-state index in [1.807, 2.05) is 6.07 Å². The molecule has 1 heterocycles. The molecule has 1 aromatic heterocycles. The zero-order chi connectivity index (χ0) is 12.9. The molecule has 0 saturated heterocycles. The first kappa shape index (κ1) is 13.4. The molecular formula is C12H19N3O2. The second kappa shape index (κ2) is 5.63. The van der Waals surface area contributed by atoms with Gasteiger partial charge in [0.15, 0.2) is 0 Å². The molecule has 0 aromatic carbocycles. The number of amides is 1. The van der Waals surface area contributed by atoms with Gasteiger partial charge < -0.3 is 15.6 Å². The maximum atomic E-state index is 11.4. The van der Waals surface area contributed by atoms with Crippen LogP contribution in [0.2, 0.25) is 0 Å². The average molecular weight is 237 g/mol. The van der Waals surface area contributed by atoms with Crippen LogP contribution in [0.1, 0.15) is 13.8 Å². The summed E-state index contributed by atoms with van der Waals surface area (Å²) in [5, 5.41) is 3.12. The summed E-state index contributed by atoms with van der Waals surface area (Å²) < 4.78 is 1.62. The molecular weight excluding hydrogens is 218 g/mol. The molecule has 0 bridgehead atoms. The zero-order valence-electron chi connectivity index (χ0n) is 10.3. The van der Waals surface area contributed by atoms with Crippen LogP contribution in [-0.2, 0) is 11.3 Å². The number of nitrogens with zero attached hydrogens (tertiary/aromatic N) is 1. The molecule has 17 heavy (non-hydrogen) atoms. The highest BCUT2D eigenvalue weighted by Gasteiger charge is 2.23. The summed E-state index contributed by atoms with van der Waals surface area (Å²) in [6.45, 7) is 5.28. The Morgan fingerprint density at radius 3 is 2.76 bits per heavy atom. The Morgan fingerprint density at radius 1 is 1.47 bits per heavy atom. The molecule has 5 heteroatoms. The molecule has 0 atom stereocenters. The van der Waals surface area contributed by atoms with Gasteiger partial charge in [0.05, 0.1) is 5.41 Å². The third-order valence-electron chi connectivity index (χ3n) is 2.66. The fourth-order valence-electron chi connectivity index (χ4n) is 1.33. The molecule has 0 spiro atoms. The van der Waals surface area contributed by atoms with E-state index in [0.29, 0.717) is 19.6 Å². The summed E-state index contributed by atoms with van der Waals surface area (Å²) in [5.74, 6) is -0.332. The lowest BCUT2D eigenvalue weighted by atomic mass is 9.93. The third-order valence-corrected chi connectivity index (χ3v) is 2.66. The molecule has 0 aliphatic heterocycles. The van der Waals surface area contributed by atoms with E-state index in [-0.39, 0.29) is 11.5 Å². The summed E-state index contributed by atoms with van der Waals surface area (Å²) >= 11 is 0. The number of carbonyl (C=O) groups excluding carboxylic acids is 1. The molecule has 0 fully saturated rings. The highest BCUT2D eigenvalue weighted by atomic mass is 16.1. The van der Waals surface area contributed by atoms with E-state index >= 15 is 0 Å². The minimum Gasteiger partial charge on any atom is -0.369 e. The number of carbonyl (C=O) groups is 1. The van der Waals surface area contributed by atoms with Gasteiger partial charge in [0.2, 0.25) is 5.91 Å². The molecule has 0 aliphatic carbocycles. The molecule has 1 rings (SSSR count). The number of nitrogens with one attached hydrogen (secondary N) is 1. The lowest BCUT2D eigenvalue weighted by Gasteiger charge is -2.20. The summed E-state index contributed by atoms with van der Waals surface area (Å²) in [7, 11) is 0. The van der Waals surface area contributed by atoms with Crippen LogP contribution in [-0.4, -0.2) is 23.6 Å². The number of pyridine rings is 1. The van der Waals surface area contributed by atoms with Crippen molar-refractivity contribution >= 4 is 5.91 Å². The first-order chi connectivity index (χ1) is 7.93. The van der Waals surface area contributed by atoms with Crippen LogP contribution in [0.15, 0.2) is 29.2 Å². The van der Waals surface area contributed by atoms with Crippen LogP contribution in [0.4, 0.5) is 0 Å². The van der Waals surface area contributed by atoms with Gasteiger partial charge in [-0.3, -0.25) is 9.59 Å². The molecule has 1 amide bonds. The number of hydrogen-bond acceptors (Lipinski definition) is 3. The van der Waals surface area contributed by atoms with Crippen molar-refractivity contribution in [1.82, 2.24) is 9.88 Å². The summed E-state index contributed by atoms with van der Waals surface area (Å²) in [5.41, 5.74) is 4.66. The second-order valence-corrected chi connectivity index (χ2v) is 4.66. The topological polar surface area (TPSA) is 77.1 Å². The first-order valence-electron chi connectivity index (χ1n) is 5.59. The Hall–Kier alpha value is -1.62. The second-order valence-electron chi connectivity index (χ2n) is 4.66. The maximum absolute atomic E-state index is 11.4. The number of aromatic nitrogens is 1. The largest absolute Gasteiger partial charge is 0.369 e. The Bertz CT molecular complexity index is 437. The van der Waals surface area contributed by atoms with E-state index in [9.17, 15) is 9.59 Å². The lowest BCUT2D eigenvalue weighted by Crippen LogP contribution is -2.41. The maximum Gasteiger partial charge on any atom is 0.250 e. The van der Waals surface area contributed by atoms with Crippen LogP contribution in [0, 0.1) is 5.41 Å². The number of rotatable bonds is 6. The first-order valence-corrected chi connectivity index (χ1v) is 5.59. The highest BCUT2D eigenvalue weighted by Crippen LogP contribution is 2.11. The van der Waals surface area contributed by atoms with E-state index in [0.717, 1.165) is 0 Å². The minimum atomic E-state index is -0.568. The van der Waals surface area contributed by atoms with Gasteiger partial charge in [-0.05, 0) is 19.9 Å². The van der Waals surface area contributed by atoms with Crippen molar-refractivity contribution in [3.05, 3.63) is 34.7 Å².